The molecule has 0 radical (unpaired) electrons. The van der Waals surface area contributed by atoms with Crippen LogP contribution < -0.4 is 0 Å². The van der Waals surface area contributed by atoms with Crippen LogP contribution in [0.3, 0.4) is 0 Å². The Kier molecular flexibility index (Phi) is 4.76. The van der Waals surface area contributed by atoms with Crippen molar-refractivity contribution in [2.45, 2.75) is 25.3 Å². The molecule has 1 aliphatic heterocycles. The Morgan fingerprint density at radius 1 is 1.39 bits per heavy atom. The van der Waals surface area contributed by atoms with Gasteiger partial charge in [-0.1, -0.05) is 30.3 Å². The van der Waals surface area contributed by atoms with Crippen LogP contribution in [0.25, 0.3) is 0 Å². The molecule has 1 heterocycles. The fraction of sp³-hybridized carbons (Fsp3) is 0.533. The van der Waals surface area contributed by atoms with Gasteiger partial charge in [0.05, 0.1) is 0 Å². The van der Waals surface area contributed by atoms with E-state index in [-0.39, 0.29) is 0 Å². The molecule has 0 saturated carbocycles. The molecule has 98 valence electrons. The van der Waals surface area contributed by atoms with E-state index < -0.39 is 0 Å². The lowest BCUT2D eigenvalue weighted by molar-refractivity contribution is -0.118. The quantitative estimate of drug-likeness (QED) is 0.714. The van der Waals surface area contributed by atoms with E-state index in [9.17, 15) is 4.79 Å². The van der Waals surface area contributed by atoms with Gasteiger partial charge >= 0.3 is 0 Å². The molecular formula is C15H22N2O. The SMILES string of the molecule is CN1CCCC1CN(C=O)CCc1ccccc1. The van der Waals surface area contributed by atoms with E-state index in [1.807, 2.05) is 23.1 Å². The lowest BCUT2D eigenvalue weighted by atomic mass is 10.1. The Hall–Kier alpha value is -1.35. The predicted molar refractivity (Wildman–Crippen MR) is 73.4 cm³/mol. The normalized spacial score (nSPS) is 19.9. The smallest absolute Gasteiger partial charge is 0.209 e. The molecule has 1 unspecified atom stereocenters. The molecule has 3 nitrogen and oxygen atoms in total. The van der Waals surface area contributed by atoms with Gasteiger partial charge in [0.25, 0.3) is 0 Å². The predicted octanol–water partition coefficient (Wildman–Crippen LogP) is 1.78. The summed E-state index contributed by atoms with van der Waals surface area (Å²) in [4.78, 5) is 15.4. The molecule has 2 rings (SSSR count). The first-order valence-electron chi connectivity index (χ1n) is 6.73. The monoisotopic (exact) mass is 246 g/mol. The fourth-order valence-electron chi connectivity index (χ4n) is 2.59. The molecule has 1 fully saturated rings. The molecule has 1 aromatic rings. The molecule has 0 aliphatic carbocycles. The molecule has 0 N–H and O–H groups in total. The fourth-order valence-corrected chi connectivity index (χ4v) is 2.59. The van der Waals surface area contributed by atoms with Crippen molar-refractivity contribution >= 4 is 6.41 Å². The summed E-state index contributed by atoms with van der Waals surface area (Å²) in [5.41, 5.74) is 1.30. The van der Waals surface area contributed by atoms with Crippen LogP contribution in [0.5, 0.6) is 0 Å². The molecule has 1 aromatic carbocycles. The Bertz CT molecular complexity index is 366. The summed E-state index contributed by atoms with van der Waals surface area (Å²) in [6.45, 7) is 2.85. The summed E-state index contributed by atoms with van der Waals surface area (Å²) in [5, 5.41) is 0. The number of hydrogen-bond acceptors (Lipinski definition) is 2. The van der Waals surface area contributed by atoms with Gasteiger partial charge in [-0.05, 0) is 38.4 Å². The first-order valence-corrected chi connectivity index (χ1v) is 6.73. The summed E-state index contributed by atoms with van der Waals surface area (Å²) in [7, 11) is 2.15. The second-order valence-corrected chi connectivity index (χ2v) is 5.11. The zero-order valence-corrected chi connectivity index (χ0v) is 11.1. The van der Waals surface area contributed by atoms with Crippen molar-refractivity contribution in [1.82, 2.24) is 9.80 Å². The first-order chi connectivity index (χ1) is 8.79. The molecule has 1 saturated heterocycles. The van der Waals surface area contributed by atoms with Crippen molar-refractivity contribution in [3.8, 4) is 0 Å². The molecule has 1 atom stereocenters. The maximum absolute atomic E-state index is 11.1. The van der Waals surface area contributed by atoms with E-state index in [2.05, 4.69) is 24.1 Å². The van der Waals surface area contributed by atoms with Gasteiger partial charge in [0.2, 0.25) is 6.41 Å². The summed E-state index contributed by atoms with van der Waals surface area (Å²) >= 11 is 0. The van der Waals surface area contributed by atoms with E-state index in [0.717, 1.165) is 32.5 Å². The van der Waals surface area contributed by atoms with Crippen molar-refractivity contribution in [3.63, 3.8) is 0 Å². The minimum Gasteiger partial charge on any atom is -0.343 e. The summed E-state index contributed by atoms with van der Waals surface area (Å²) in [6.07, 6.45) is 4.41. The number of rotatable bonds is 6. The second kappa shape index (κ2) is 6.55. The van der Waals surface area contributed by atoms with Crippen LogP contribution >= 0.6 is 0 Å². The van der Waals surface area contributed by atoms with Gasteiger partial charge in [-0.2, -0.15) is 0 Å². The highest BCUT2D eigenvalue weighted by Crippen LogP contribution is 2.15. The van der Waals surface area contributed by atoms with Crippen LogP contribution in [0.15, 0.2) is 30.3 Å². The number of nitrogens with zero attached hydrogens (tertiary/aromatic N) is 2. The van der Waals surface area contributed by atoms with Gasteiger partial charge in [0.1, 0.15) is 0 Å². The van der Waals surface area contributed by atoms with Crippen LogP contribution in [-0.4, -0.2) is 48.9 Å². The van der Waals surface area contributed by atoms with Crippen molar-refractivity contribution in [1.29, 1.82) is 0 Å². The van der Waals surface area contributed by atoms with Gasteiger partial charge in [-0.25, -0.2) is 0 Å². The number of hydrogen-bond donors (Lipinski definition) is 0. The Labute approximate surface area is 109 Å². The van der Waals surface area contributed by atoms with E-state index in [1.54, 1.807) is 0 Å². The third kappa shape index (κ3) is 3.57. The van der Waals surface area contributed by atoms with Crippen LogP contribution in [-0.2, 0) is 11.2 Å². The van der Waals surface area contributed by atoms with E-state index in [1.165, 1.54) is 18.4 Å². The van der Waals surface area contributed by atoms with Gasteiger partial charge in [0.15, 0.2) is 0 Å². The number of carbonyl (C=O) groups is 1. The highest BCUT2D eigenvalue weighted by atomic mass is 16.1. The van der Waals surface area contributed by atoms with Crippen molar-refractivity contribution in [3.05, 3.63) is 35.9 Å². The minimum absolute atomic E-state index is 0.547. The topological polar surface area (TPSA) is 23.6 Å². The summed E-state index contributed by atoms with van der Waals surface area (Å²) in [6, 6.07) is 10.9. The van der Waals surface area contributed by atoms with E-state index in [4.69, 9.17) is 0 Å². The third-order valence-corrected chi connectivity index (χ3v) is 3.80. The highest BCUT2D eigenvalue weighted by Gasteiger charge is 2.22. The first kappa shape index (κ1) is 13.1. The standard InChI is InChI=1S/C15H22N2O/c1-16-10-5-8-15(16)12-17(13-18)11-9-14-6-3-2-4-7-14/h2-4,6-7,13,15H,5,8-12H2,1H3. The highest BCUT2D eigenvalue weighted by molar-refractivity contribution is 5.47. The summed E-state index contributed by atoms with van der Waals surface area (Å²) < 4.78 is 0. The number of amides is 1. The molecule has 0 bridgehead atoms. The zero-order chi connectivity index (χ0) is 12.8. The maximum atomic E-state index is 11.1. The molecule has 0 spiro atoms. The number of carbonyl (C=O) groups excluding carboxylic acids is 1. The maximum Gasteiger partial charge on any atom is 0.209 e. The molecule has 1 amide bonds. The minimum atomic E-state index is 0.547. The average Bonchev–Trinajstić information content (AvgIpc) is 2.81. The Balaban J connectivity index is 1.80. The second-order valence-electron chi connectivity index (χ2n) is 5.11. The van der Waals surface area contributed by atoms with Gasteiger partial charge < -0.3 is 9.80 Å². The van der Waals surface area contributed by atoms with E-state index >= 15 is 0 Å². The van der Waals surface area contributed by atoms with Crippen LogP contribution in [0.2, 0.25) is 0 Å². The van der Waals surface area contributed by atoms with Gasteiger partial charge in [-0.3, -0.25) is 4.79 Å². The van der Waals surface area contributed by atoms with Crippen molar-refractivity contribution in [2.75, 3.05) is 26.7 Å². The van der Waals surface area contributed by atoms with Gasteiger partial charge in [0, 0.05) is 19.1 Å². The Morgan fingerprint density at radius 2 is 2.17 bits per heavy atom. The lowest BCUT2D eigenvalue weighted by Gasteiger charge is -2.26. The Morgan fingerprint density at radius 3 is 2.78 bits per heavy atom. The molecule has 1 aliphatic rings. The molecule has 3 heteroatoms. The number of likely N-dealkylation sites (N-methyl/N-ethyl adjacent to an activating group) is 1. The third-order valence-electron chi connectivity index (χ3n) is 3.80. The van der Waals surface area contributed by atoms with Crippen molar-refractivity contribution in [2.24, 2.45) is 0 Å². The molecular weight excluding hydrogens is 224 g/mol. The molecule has 18 heavy (non-hydrogen) atoms. The van der Waals surface area contributed by atoms with Crippen LogP contribution in [0, 0.1) is 0 Å². The molecule has 0 aromatic heterocycles. The van der Waals surface area contributed by atoms with Crippen LogP contribution in [0.1, 0.15) is 18.4 Å². The summed E-state index contributed by atoms with van der Waals surface area (Å²) in [5.74, 6) is 0. The van der Waals surface area contributed by atoms with Crippen LogP contribution in [0.4, 0.5) is 0 Å². The largest absolute Gasteiger partial charge is 0.343 e. The van der Waals surface area contributed by atoms with Crippen molar-refractivity contribution < 1.29 is 4.79 Å². The van der Waals surface area contributed by atoms with Gasteiger partial charge in [-0.15, -0.1) is 0 Å². The number of benzene rings is 1. The lowest BCUT2D eigenvalue weighted by Crippen LogP contribution is -2.38. The van der Waals surface area contributed by atoms with E-state index in [0.29, 0.717) is 6.04 Å². The number of likely N-dealkylation sites (tertiary alicyclic amines) is 1. The zero-order valence-electron chi connectivity index (χ0n) is 11.1. The average molecular weight is 246 g/mol.